The summed E-state index contributed by atoms with van der Waals surface area (Å²) in [6.45, 7) is 6.74. The molecule has 3 amide bonds. The summed E-state index contributed by atoms with van der Waals surface area (Å²) in [6, 6.07) is 20.4. The van der Waals surface area contributed by atoms with E-state index in [0.29, 0.717) is 40.7 Å². The monoisotopic (exact) mass is 459 g/mol. The van der Waals surface area contributed by atoms with E-state index in [1.165, 1.54) is 0 Å². The summed E-state index contributed by atoms with van der Waals surface area (Å²) in [5, 5.41) is 2.81. The van der Waals surface area contributed by atoms with Crippen LogP contribution in [0.25, 0.3) is 0 Å². The molecule has 0 spiro atoms. The van der Waals surface area contributed by atoms with Crippen molar-refractivity contribution >= 4 is 23.4 Å². The van der Waals surface area contributed by atoms with Gasteiger partial charge in [-0.3, -0.25) is 25.2 Å². The number of carbonyl (C=O) groups excluding carboxylic acids is 3. The second-order valence-corrected chi connectivity index (χ2v) is 8.31. The third-order valence-electron chi connectivity index (χ3n) is 5.16. The molecule has 176 valence electrons. The Bertz CT molecular complexity index is 1140. The molecular formula is C27H29N3O4. The van der Waals surface area contributed by atoms with E-state index in [2.05, 4.69) is 30.0 Å². The average molecular weight is 460 g/mol. The Morgan fingerprint density at radius 1 is 0.765 bits per heavy atom. The minimum Gasteiger partial charge on any atom is -0.494 e. The Morgan fingerprint density at radius 3 is 1.88 bits per heavy atom. The molecule has 0 aliphatic rings. The zero-order valence-electron chi connectivity index (χ0n) is 19.6. The van der Waals surface area contributed by atoms with Crippen molar-refractivity contribution in [2.24, 2.45) is 5.92 Å². The molecule has 0 fully saturated rings. The lowest BCUT2D eigenvalue weighted by atomic mass is 10.1. The maximum absolute atomic E-state index is 12.4. The summed E-state index contributed by atoms with van der Waals surface area (Å²) in [6.07, 6.45) is 0.953. The van der Waals surface area contributed by atoms with Crippen molar-refractivity contribution < 1.29 is 19.1 Å². The number of amides is 3. The van der Waals surface area contributed by atoms with Gasteiger partial charge in [-0.15, -0.1) is 0 Å². The lowest BCUT2D eigenvalue weighted by Crippen LogP contribution is -2.41. The first-order valence-corrected chi connectivity index (χ1v) is 11.1. The molecule has 0 atom stereocenters. The smallest absolute Gasteiger partial charge is 0.269 e. The van der Waals surface area contributed by atoms with Crippen molar-refractivity contribution in [3.05, 3.63) is 95.1 Å². The Hall–Kier alpha value is -4.13. The van der Waals surface area contributed by atoms with Crippen molar-refractivity contribution in [3.63, 3.8) is 0 Å². The van der Waals surface area contributed by atoms with Crippen LogP contribution >= 0.6 is 0 Å². The van der Waals surface area contributed by atoms with E-state index in [9.17, 15) is 14.4 Å². The normalized spacial score (nSPS) is 10.5. The third-order valence-corrected chi connectivity index (χ3v) is 5.16. The Labute approximate surface area is 199 Å². The highest BCUT2D eigenvalue weighted by atomic mass is 16.5. The number of hydrogen-bond acceptors (Lipinski definition) is 4. The molecule has 0 aliphatic carbocycles. The number of hydrogen-bond donors (Lipinski definition) is 3. The minimum absolute atomic E-state index is 0.223. The molecule has 0 bridgehead atoms. The number of rotatable bonds is 8. The molecule has 0 heterocycles. The maximum atomic E-state index is 12.4. The summed E-state index contributed by atoms with van der Waals surface area (Å²) in [5.41, 5.74) is 7.55. The highest BCUT2D eigenvalue weighted by Crippen LogP contribution is 2.15. The Balaban J connectivity index is 1.49. The predicted molar refractivity (Wildman–Crippen MR) is 132 cm³/mol. The fourth-order valence-electron chi connectivity index (χ4n) is 3.10. The number of hydrazine groups is 1. The molecule has 0 aliphatic heterocycles. The van der Waals surface area contributed by atoms with Gasteiger partial charge in [0.25, 0.3) is 17.7 Å². The van der Waals surface area contributed by atoms with Crippen molar-refractivity contribution in [1.82, 2.24) is 10.9 Å². The largest absolute Gasteiger partial charge is 0.494 e. The lowest BCUT2D eigenvalue weighted by molar-refractivity contribution is 0.0846. The summed E-state index contributed by atoms with van der Waals surface area (Å²) in [5.74, 6) is 0.111. The summed E-state index contributed by atoms with van der Waals surface area (Å²) in [4.78, 5) is 37.1. The molecular weight excluding hydrogens is 430 g/mol. The maximum Gasteiger partial charge on any atom is 0.269 e. The Kier molecular flexibility index (Phi) is 8.40. The van der Waals surface area contributed by atoms with Crippen molar-refractivity contribution in [1.29, 1.82) is 0 Å². The molecule has 3 aromatic rings. The minimum atomic E-state index is -0.473. The van der Waals surface area contributed by atoms with Crippen molar-refractivity contribution in [3.8, 4) is 5.75 Å². The predicted octanol–water partition coefficient (Wildman–Crippen LogP) is 4.75. The van der Waals surface area contributed by atoms with Gasteiger partial charge in [0.2, 0.25) is 0 Å². The van der Waals surface area contributed by atoms with Crippen LogP contribution in [0.2, 0.25) is 0 Å². The summed E-state index contributed by atoms with van der Waals surface area (Å²) >= 11 is 0. The number of carbonyl (C=O) groups is 3. The van der Waals surface area contributed by atoms with E-state index in [-0.39, 0.29) is 5.91 Å². The van der Waals surface area contributed by atoms with Crippen LogP contribution in [0.5, 0.6) is 5.75 Å². The van der Waals surface area contributed by atoms with E-state index in [0.717, 1.165) is 12.0 Å². The van der Waals surface area contributed by atoms with Crippen molar-refractivity contribution in [2.45, 2.75) is 27.2 Å². The van der Waals surface area contributed by atoms with Crippen molar-refractivity contribution in [2.75, 3.05) is 11.9 Å². The summed E-state index contributed by atoms with van der Waals surface area (Å²) < 4.78 is 5.64. The van der Waals surface area contributed by atoms with Gasteiger partial charge in [-0.25, -0.2) is 0 Å². The average Bonchev–Trinajstić information content (AvgIpc) is 2.83. The van der Waals surface area contributed by atoms with Crippen LogP contribution in [0, 0.1) is 12.8 Å². The first-order chi connectivity index (χ1) is 16.3. The van der Waals surface area contributed by atoms with Crippen LogP contribution in [0.1, 0.15) is 56.9 Å². The van der Waals surface area contributed by atoms with Gasteiger partial charge in [0.15, 0.2) is 0 Å². The molecule has 7 heteroatoms. The molecule has 3 rings (SSSR count). The van der Waals surface area contributed by atoms with Crippen LogP contribution in [-0.4, -0.2) is 24.3 Å². The quantitative estimate of drug-likeness (QED) is 0.424. The molecule has 7 nitrogen and oxygen atoms in total. The van der Waals surface area contributed by atoms with Crippen LogP contribution < -0.4 is 20.9 Å². The van der Waals surface area contributed by atoms with Gasteiger partial charge < -0.3 is 10.1 Å². The zero-order chi connectivity index (χ0) is 24.5. The SMILES string of the molecule is Cc1ccccc1C(=O)Nc1ccc(C(=O)NNC(=O)c2ccc(OCCC(C)C)cc2)cc1. The Morgan fingerprint density at radius 2 is 1.32 bits per heavy atom. The van der Waals surface area contributed by atoms with Gasteiger partial charge in [-0.1, -0.05) is 32.0 Å². The zero-order valence-corrected chi connectivity index (χ0v) is 19.6. The van der Waals surface area contributed by atoms with E-state index >= 15 is 0 Å². The van der Waals surface area contributed by atoms with Gasteiger partial charge in [-0.2, -0.15) is 0 Å². The van der Waals surface area contributed by atoms with Gasteiger partial charge in [0, 0.05) is 22.4 Å². The van der Waals surface area contributed by atoms with E-state index < -0.39 is 11.8 Å². The van der Waals surface area contributed by atoms with Crippen LogP contribution in [0.15, 0.2) is 72.8 Å². The molecule has 3 N–H and O–H groups in total. The number of nitrogens with one attached hydrogen (secondary N) is 3. The lowest BCUT2D eigenvalue weighted by Gasteiger charge is -2.10. The summed E-state index contributed by atoms with van der Waals surface area (Å²) in [7, 11) is 0. The van der Waals surface area contributed by atoms with Crippen LogP contribution in [0.4, 0.5) is 5.69 Å². The van der Waals surface area contributed by atoms with Gasteiger partial charge in [-0.05, 0) is 79.4 Å². The fourth-order valence-corrected chi connectivity index (χ4v) is 3.10. The molecule has 0 saturated carbocycles. The van der Waals surface area contributed by atoms with Crippen LogP contribution in [0.3, 0.4) is 0 Å². The second kappa shape index (κ2) is 11.7. The molecule has 0 saturated heterocycles. The van der Waals surface area contributed by atoms with Gasteiger partial charge in [0.05, 0.1) is 6.61 Å². The second-order valence-electron chi connectivity index (χ2n) is 8.31. The molecule has 0 unspecified atom stereocenters. The standard InChI is InChI=1S/C27H29N3O4/c1-18(2)16-17-34-23-14-10-21(11-15-23)26(32)30-29-25(31)20-8-12-22(13-9-20)28-27(33)24-7-5-4-6-19(24)3/h4-15,18H,16-17H2,1-3H3,(H,28,33)(H,29,31)(H,30,32). The topological polar surface area (TPSA) is 96.5 Å². The first kappa shape index (κ1) is 24.5. The van der Waals surface area contributed by atoms with E-state index in [1.54, 1.807) is 60.7 Å². The highest BCUT2D eigenvalue weighted by Gasteiger charge is 2.11. The number of benzene rings is 3. The van der Waals surface area contributed by atoms with Gasteiger partial charge >= 0.3 is 0 Å². The first-order valence-electron chi connectivity index (χ1n) is 11.1. The highest BCUT2D eigenvalue weighted by molar-refractivity contribution is 6.05. The number of ether oxygens (including phenoxy) is 1. The van der Waals surface area contributed by atoms with E-state index in [1.807, 2.05) is 19.1 Å². The fraction of sp³-hybridized carbons (Fsp3) is 0.222. The molecule has 3 aromatic carbocycles. The number of aryl methyl sites for hydroxylation is 1. The molecule has 0 radical (unpaired) electrons. The van der Waals surface area contributed by atoms with E-state index in [4.69, 9.17) is 4.74 Å². The van der Waals surface area contributed by atoms with Crippen LogP contribution in [-0.2, 0) is 0 Å². The molecule has 34 heavy (non-hydrogen) atoms. The van der Waals surface area contributed by atoms with Gasteiger partial charge in [0.1, 0.15) is 5.75 Å². The molecule has 0 aromatic heterocycles. The number of anilines is 1. The third kappa shape index (κ3) is 6.93.